The van der Waals surface area contributed by atoms with Gasteiger partial charge in [0.25, 0.3) is 0 Å². The molecule has 1 heterocycles. The van der Waals surface area contributed by atoms with E-state index < -0.39 is 5.97 Å². The average molecular weight is 344 g/mol. The predicted octanol–water partition coefficient (Wildman–Crippen LogP) is 1.94. The molecular weight excluding hydrogens is 320 g/mol. The van der Waals surface area contributed by atoms with Crippen LogP contribution in [0.1, 0.15) is 55.6 Å². The minimum Gasteiger partial charge on any atom is -0.481 e. The molecule has 6 nitrogen and oxygen atoms in total. The topological polar surface area (TPSA) is 95.5 Å². The Bertz CT molecular complexity index is 648. The third-order valence-electron chi connectivity index (χ3n) is 5.29. The van der Waals surface area contributed by atoms with Gasteiger partial charge in [-0.3, -0.25) is 19.7 Å². The Kier molecular flexibility index (Phi) is 5.48. The van der Waals surface area contributed by atoms with E-state index in [1.54, 1.807) is 0 Å². The molecule has 1 atom stereocenters. The van der Waals surface area contributed by atoms with Crippen LogP contribution in [-0.4, -0.2) is 28.9 Å². The van der Waals surface area contributed by atoms with Gasteiger partial charge in [-0.1, -0.05) is 24.3 Å². The zero-order valence-corrected chi connectivity index (χ0v) is 14.2. The number of carbonyl (C=O) groups excluding carboxylic acids is 2. The van der Waals surface area contributed by atoms with Crippen molar-refractivity contribution in [3.63, 3.8) is 0 Å². The van der Waals surface area contributed by atoms with Crippen molar-refractivity contribution in [1.29, 1.82) is 0 Å². The van der Waals surface area contributed by atoms with Crippen molar-refractivity contribution < 1.29 is 19.5 Å². The molecule has 0 radical (unpaired) electrons. The molecule has 0 aromatic heterocycles. The van der Waals surface area contributed by atoms with Crippen molar-refractivity contribution in [2.45, 2.75) is 57.0 Å². The normalized spacial score (nSPS) is 27.0. The van der Waals surface area contributed by atoms with E-state index in [-0.39, 0.29) is 23.7 Å². The van der Waals surface area contributed by atoms with Crippen LogP contribution < -0.4 is 10.6 Å². The van der Waals surface area contributed by atoms with Crippen LogP contribution >= 0.6 is 0 Å². The van der Waals surface area contributed by atoms with Gasteiger partial charge < -0.3 is 10.4 Å². The molecule has 1 aliphatic heterocycles. The lowest BCUT2D eigenvalue weighted by Crippen LogP contribution is -2.39. The zero-order chi connectivity index (χ0) is 17.8. The van der Waals surface area contributed by atoms with Gasteiger partial charge in [0, 0.05) is 19.0 Å². The van der Waals surface area contributed by atoms with E-state index in [1.807, 2.05) is 24.3 Å². The van der Waals surface area contributed by atoms with E-state index in [1.165, 1.54) is 0 Å². The molecular formula is C19H24N2O4. The van der Waals surface area contributed by atoms with Crippen molar-refractivity contribution in [3.8, 4) is 0 Å². The Labute approximate surface area is 147 Å². The highest BCUT2D eigenvalue weighted by Crippen LogP contribution is 2.26. The molecule has 6 heteroatoms. The minimum atomic E-state index is -0.678. The summed E-state index contributed by atoms with van der Waals surface area (Å²) < 4.78 is 0. The van der Waals surface area contributed by atoms with Crippen LogP contribution in [0.4, 0.5) is 0 Å². The third kappa shape index (κ3) is 4.45. The van der Waals surface area contributed by atoms with Crippen LogP contribution in [0.2, 0.25) is 0 Å². The van der Waals surface area contributed by atoms with Crippen LogP contribution in [0, 0.1) is 5.92 Å². The lowest BCUT2D eigenvalue weighted by atomic mass is 9.86. The van der Waals surface area contributed by atoms with E-state index in [9.17, 15) is 14.4 Å². The van der Waals surface area contributed by atoms with Gasteiger partial charge in [0.2, 0.25) is 11.8 Å². The van der Waals surface area contributed by atoms with Crippen LogP contribution in [0.25, 0.3) is 0 Å². The molecule has 1 aromatic rings. The number of benzene rings is 1. The third-order valence-corrected chi connectivity index (χ3v) is 5.29. The number of aliphatic carboxylic acids is 1. The molecule has 0 bridgehead atoms. The van der Waals surface area contributed by atoms with Gasteiger partial charge >= 0.3 is 5.97 Å². The molecule has 1 aromatic carbocycles. The smallest absolute Gasteiger partial charge is 0.306 e. The van der Waals surface area contributed by atoms with E-state index in [4.69, 9.17) is 5.11 Å². The molecule has 25 heavy (non-hydrogen) atoms. The summed E-state index contributed by atoms with van der Waals surface area (Å²) in [5.74, 6) is -1.52. The molecule has 1 saturated carbocycles. The number of imide groups is 1. The highest BCUT2D eigenvalue weighted by Gasteiger charge is 2.28. The van der Waals surface area contributed by atoms with Gasteiger partial charge in [-0.25, -0.2) is 0 Å². The van der Waals surface area contributed by atoms with Gasteiger partial charge in [0.1, 0.15) is 0 Å². The number of carbonyl (C=O) groups is 3. The summed E-state index contributed by atoms with van der Waals surface area (Å²) in [5.41, 5.74) is 2.08. The number of carboxylic acids is 1. The number of amides is 2. The largest absolute Gasteiger partial charge is 0.481 e. The molecule has 134 valence electrons. The van der Waals surface area contributed by atoms with Gasteiger partial charge in [0.05, 0.1) is 11.8 Å². The summed E-state index contributed by atoms with van der Waals surface area (Å²) in [6.45, 7) is 0.734. The molecule has 3 rings (SSSR count). The van der Waals surface area contributed by atoms with Gasteiger partial charge in [-0.05, 0) is 43.2 Å². The number of carboxylic acid groups (broad SMARTS) is 1. The molecule has 2 fully saturated rings. The molecule has 1 unspecified atom stereocenters. The standard InChI is InChI=1S/C19H24N2O4/c22-17-10-9-16(18(23)21-17)13-3-1-12(2-4-13)11-20-15-7-5-14(6-8-15)19(24)25/h1-4,14-16,20H,5-11H2,(H,24,25)(H,21,22,23). The zero-order valence-electron chi connectivity index (χ0n) is 14.2. The van der Waals surface area contributed by atoms with Crippen molar-refractivity contribution in [2.24, 2.45) is 5.92 Å². The quantitative estimate of drug-likeness (QED) is 0.710. The number of nitrogens with one attached hydrogen (secondary N) is 2. The summed E-state index contributed by atoms with van der Waals surface area (Å²) in [5, 5.41) is 14.9. The molecule has 0 spiro atoms. The number of rotatable bonds is 5. The highest BCUT2D eigenvalue weighted by molar-refractivity contribution is 6.00. The van der Waals surface area contributed by atoms with Gasteiger partial charge in [0.15, 0.2) is 0 Å². The summed E-state index contributed by atoms with van der Waals surface area (Å²) in [4.78, 5) is 34.1. The fourth-order valence-corrected chi connectivity index (χ4v) is 3.69. The molecule has 2 aliphatic rings. The Morgan fingerprint density at radius 3 is 2.36 bits per heavy atom. The van der Waals surface area contributed by atoms with Crippen molar-refractivity contribution in [3.05, 3.63) is 35.4 Å². The second-order valence-electron chi connectivity index (χ2n) is 7.01. The summed E-state index contributed by atoms with van der Waals surface area (Å²) in [6, 6.07) is 8.30. The Hall–Kier alpha value is -2.21. The maximum atomic E-state index is 11.9. The second-order valence-corrected chi connectivity index (χ2v) is 7.01. The fraction of sp³-hybridized carbons (Fsp3) is 0.526. The van der Waals surface area contributed by atoms with E-state index in [0.29, 0.717) is 18.9 Å². The first-order valence-corrected chi connectivity index (χ1v) is 8.91. The molecule has 1 saturated heterocycles. The van der Waals surface area contributed by atoms with Crippen molar-refractivity contribution >= 4 is 17.8 Å². The number of hydrogen-bond acceptors (Lipinski definition) is 4. The van der Waals surface area contributed by atoms with E-state index >= 15 is 0 Å². The van der Waals surface area contributed by atoms with E-state index in [2.05, 4.69) is 10.6 Å². The lowest BCUT2D eigenvalue weighted by Gasteiger charge is -2.27. The van der Waals surface area contributed by atoms with Crippen molar-refractivity contribution in [1.82, 2.24) is 10.6 Å². The van der Waals surface area contributed by atoms with Gasteiger partial charge in [-0.15, -0.1) is 0 Å². The maximum absolute atomic E-state index is 11.9. The highest BCUT2D eigenvalue weighted by atomic mass is 16.4. The first kappa shape index (κ1) is 17.6. The average Bonchev–Trinajstić information content (AvgIpc) is 2.61. The fourth-order valence-electron chi connectivity index (χ4n) is 3.69. The van der Waals surface area contributed by atoms with Crippen LogP contribution in [-0.2, 0) is 20.9 Å². The minimum absolute atomic E-state index is 0.189. The summed E-state index contributed by atoms with van der Waals surface area (Å²) in [6.07, 6.45) is 4.22. The predicted molar refractivity (Wildman–Crippen MR) is 91.8 cm³/mol. The Morgan fingerprint density at radius 2 is 1.76 bits per heavy atom. The first-order valence-electron chi connectivity index (χ1n) is 8.91. The monoisotopic (exact) mass is 344 g/mol. The number of piperidine rings is 1. The molecule has 2 amide bonds. The lowest BCUT2D eigenvalue weighted by molar-refractivity contribution is -0.143. The molecule has 3 N–H and O–H groups in total. The van der Waals surface area contributed by atoms with Crippen LogP contribution in [0.5, 0.6) is 0 Å². The van der Waals surface area contributed by atoms with Crippen LogP contribution in [0.15, 0.2) is 24.3 Å². The Balaban J connectivity index is 1.49. The summed E-state index contributed by atoms with van der Waals surface area (Å²) >= 11 is 0. The molecule has 1 aliphatic carbocycles. The summed E-state index contributed by atoms with van der Waals surface area (Å²) in [7, 11) is 0. The van der Waals surface area contributed by atoms with Gasteiger partial charge in [-0.2, -0.15) is 0 Å². The first-order chi connectivity index (χ1) is 12.0. The van der Waals surface area contributed by atoms with Crippen molar-refractivity contribution in [2.75, 3.05) is 0 Å². The number of hydrogen-bond donors (Lipinski definition) is 3. The Morgan fingerprint density at radius 1 is 1.08 bits per heavy atom. The second kappa shape index (κ2) is 7.78. The van der Waals surface area contributed by atoms with E-state index in [0.717, 1.165) is 43.4 Å². The maximum Gasteiger partial charge on any atom is 0.306 e. The van der Waals surface area contributed by atoms with Crippen LogP contribution in [0.3, 0.4) is 0 Å². The SMILES string of the molecule is O=C1CCC(c2ccc(CNC3CCC(C(=O)O)CC3)cc2)C(=O)N1.